The molecule has 0 bridgehead atoms. The molecule has 0 saturated heterocycles. The Morgan fingerprint density at radius 2 is 1.95 bits per heavy atom. The van der Waals surface area contributed by atoms with Crippen molar-refractivity contribution in [1.82, 2.24) is 5.32 Å². The number of hydrogen-bond acceptors (Lipinski definition) is 3. The lowest BCUT2D eigenvalue weighted by molar-refractivity contribution is -0.0521. The van der Waals surface area contributed by atoms with Crippen molar-refractivity contribution in [3.63, 3.8) is 0 Å². The largest absolute Gasteiger partial charge is 0.490 e. The van der Waals surface area contributed by atoms with Crippen LogP contribution in [0, 0.1) is 0 Å². The monoisotopic (exact) mass is 273 g/mol. The molecular weight excluding hydrogens is 252 g/mol. The summed E-state index contributed by atoms with van der Waals surface area (Å²) in [5.41, 5.74) is 0.546. The lowest BCUT2D eigenvalue weighted by Crippen LogP contribution is -2.35. The van der Waals surface area contributed by atoms with E-state index in [0.717, 1.165) is 0 Å². The molecule has 0 fully saturated rings. The van der Waals surface area contributed by atoms with E-state index in [4.69, 9.17) is 4.74 Å². The van der Waals surface area contributed by atoms with E-state index in [1.54, 1.807) is 25.1 Å². The van der Waals surface area contributed by atoms with Crippen molar-refractivity contribution < 1.29 is 18.3 Å². The molecule has 108 valence electrons. The predicted molar refractivity (Wildman–Crippen MR) is 70.8 cm³/mol. The van der Waals surface area contributed by atoms with E-state index in [1.165, 1.54) is 0 Å². The second-order valence-corrected chi connectivity index (χ2v) is 5.16. The third kappa shape index (κ3) is 5.42. The highest BCUT2D eigenvalue weighted by molar-refractivity contribution is 5.46. The van der Waals surface area contributed by atoms with Crippen LogP contribution in [0.15, 0.2) is 18.2 Å². The molecule has 0 unspecified atom stereocenters. The van der Waals surface area contributed by atoms with E-state index < -0.39 is 6.61 Å². The van der Waals surface area contributed by atoms with Crippen LogP contribution in [0.1, 0.15) is 33.3 Å². The summed E-state index contributed by atoms with van der Waals surface area (Å²) >= 11 is 0. The number of nitrogens with one attached hydrogen (secondary N) is 1. The molecule has 3 nitrogen and oxygen atoms in total. The molecule has 1 N–H and O–H groups in total. The van der Waals surface area contributed by atoms with Crippen LogP contribution in [0.3, 0.4) is 0 Å². The van der Waals surface area contributed by atoms with Crippen LogP contribution in [0.2, 0.25) is 0 Å². The molecule has 0 aromatic heterocycles. The van der Waals surface area contributed by atoms with Gasteiger partial charge in [-0.05, 0) is 33.8 Å². The summed E-state index contributed by atoms with van der Waals surface area (Å²) in [6.45, 7) is 5.79. The standard InChI is InChI=1S/C14H21F2NO2/c1-5-18-11-8-6-7-10(9-17-14(2,3)4)12(11)19-13(15)16/h6-8,13,17H,5,9H2,1-4H3. The predicted octanol–water partition coefficient (Wildman–Crippen LogP) is 3.57. The van der Waals surface area contributed by atoms with Crippen LogP contribution < -0.4 is 14.8 Å². The Bertz CT molecular complexity index is 403. The van der Waals surface area contributed by atoms with Crippen LogP contribution >= 0.6 is 0 Å². The number of rotatable bonds is 6. The Morgan fingerprint density at radius 3 is 2.47 bits per heavy atom. The van der Waals surface area contributed by atoms with Crippen LogP contribution in [-0.2, 0) is 6.54 Å². The third-order valence-corrected chi connectivity index (χ3v) is 2.38. The van der Waals surface area contributed by atoms with Crippen molar-refractivity contribution in [2.45, 2.75) is 46.4 Å². The molecule has 1 aromatic rings. The highest BCUT2D eigenvalue weighted by Gasteiger charge is 2.17. The maximum atomic E-state index is 12.5. The fourth-order valence-corrected chi connectivity index (χ4v) is 1.55. The van der Waals surface area contributed by atoms with E-state index >= 15 is 0 Å². The summed E-state index contributed by atoms with van der Waals surface area (Å²) in [6, 6.07) is 5.14. The first-order chi connectivity index (χ1) is 8.83. The number of para-hydroxylation sites is 1. The minimum atomic E-state index is -2.87. The third-order valence-electron chi connectivity index (χ3n) is 2.38. The van der Waals surface area contributed by atoms with Crippen molar-refractivity contribution in [3.8, 4) is 11.5 Å². The van der Waals surface area contributed by atoms with Gasteiger partial charge in [0.2, 0.25) is 0 Å². The molecule has 0 saturated carbocycles. The van der Waals surface area contributed by atoms with Crippen molar-refractivity contribution >= 4 is 0 Å². The zero-order chi connectivity index (χ0) is 14.5. The van der Waals surface area contributed by atoms with Crippen LogP contribution in [0.25, 0.3) is 0 Å². The van der Waals surface area contributed by atoms with Crippen LogP contribution in [0.4, 0.5) is 8.78 Å². The van der Waals surface area contributed by atoms with Gasteiger partial charge in [0, 0.05) is 17.6 Å². The second-order valence-electron chi connectivity index (χ2n) is 5.16. The second kappa shape index (κ2) is 6.70. The summed E-state index contributed by atoms with van der Waals surface area (Å²) in [4.78, 5) is 0. The van der Waals surface area contributed by atoms with Gasteiger partial charge >= 0.3 is 6.61 Å². The van der Waals surface area contributed by atoms with Crippen molar-refractivity contribution in [2.75, 3.05) is 6.61 Å². The molecule has 0 radical (unpaired) electrons. The average Bonchev–Trinajstić information content (AvgIpc) is 2.28. The first-order valence-corrected chi connectivity index (χ1v) is 6.28. The number of alkyl halides is 2. The van der Waals surface area contributed by atoms with Gasteiger partial charge in [0.05, 0.1) is 6.61 Å². The molecule has 5 heteroatoms. The molecule has 0 atom stereocenters. The summed E-state index contributed by atoms with van der Waals surface area (Å²) in [7, 11) is 0. The molecule has 0 spiro atoms. The Labute approximate surface area is 112 Å². The van der Waals surface area contributed by atoms with Gasteiger partial charge in [0.1, 0.15) is 0 Å². The quantitative estimate of drug-likeness (QED) is 0.859. The highest BCUT2D eigenvalue weighted by Crippen LogP contribution is 2.33. The van der Waals surface area contributed by atoms with Gasteiger partial charge in [-0.15, -0.1) is 0 Å². The van der Waals surface area contributed by atoms with Gasteiger partial charge in [0.25, 0.3) is 0 Å². The minimum absolute atomic E-state index is 0.107. The zero-order valence-corrected chi connectivity index (χ0v) is 11.8. The Kier molecular flexibility index (Phi) is 5.54. The van der Waals surface area contributed by atoms with E-state index in [0.29, 0.717) is 24.5 Å². The fourth-order valence-electron chi connectivity index (χ4n) is 1.55. The van der Waals surface area contributed by atoms with Crippen molar-refractivity contribution in [3.05, 3.63) is 23.8 Å². The lowest BCUT2D eigenvalue weighted by Gasteiger charge is -2.22. The first-order valence-electron chi connectivity index (χ1n) is 6.28. The molecule has 0 aliphatic heterocycles. The molecule has 0 heterocycles. The Morgan fingerprint density at radius 1 is 1.26 bits per heavy atom. The summed E-state index contributed by atoms with van der Waals surface area (Å²) in [5, 5.41) is 3.24. The van der Waals surface area contributed by atoms with E-state index in [9.17, 15) is 8.78 Å². The van der Waals surface area contributed by atoms with Crippen LogP contribution in [-0.4, -0.2) is 18.8 Å². The summed E-state index contributed by atoms with van der Waals surface area (Å²) < 4.78 is 34.9. The van der Waals surface area contributed by atoms with E-state index in [2.05, 4.69) is 10.1 Å². The smallest absolute Gasteiger partial charge is 0.387 e. The fraction of sp³-hybridized carbons (Fsp3) is 0.571. The van der Waals surface area contributed by atoms with Gasteiger partial charge in [-0.2, -0.15) is 8.78 Å². The normalized spacial score (nSPS) is 11.7. The van der Waals surface area contributed by atoms with Crippen molar-refractivity contribution in [2.24, 2.45) is 0 Å². The number of ether oxygens (including phenoxy) is 2. The van der Waals surface area contributed by atoms with Gasteiger partial charge in [-0.25, -0.2) is 0 Å². The Balaban J connectivity index is 2.97. The average molecular weight is 273 g/mol. The van der Waals surface area contributed by atoms with E-state index in [1.807, 2.05) is 20.8 Å². The number of halogens is 2. The molecule has 0 amide bonds. The summed E-state index contributed by atoms with van der Waals surface area (Å²) in [5.74, 6) is 0.451. The molecule has 0 aliphatic carbocycles. The van der Waals surface area contributed by atoms with Gasteiger partial charge in [0.15, 0.2) is 11.5 Å². The molecular formula is C14H21F2NO2. The summed E-state index contributed by atoms with van der Waals surface area (Å²) in [6.07, 6.45) is 0. The molecule has 1 rings (SSSR count). The first kappa shape index (κ1) is 15.7. The zero-order valence-electron chi connectivity index (χ0n) is 11.8. The molecule has 0 aliphatic rings. The maximum absolute atomic E-state index is 12.5. The van der Waals surface area contributed by atoms with Crippen LogP contribution in [0.5, 0.6) is 11.5 Å². The van der Waals surface area contributed by atoms with E-state index in [-0.39, 0.29) is 11.3 Å². The topological polar surface area (TPSA) is 30.5 Å². The number of hydrogen-bond donors (Lipinski definition) is 1. The Hall–Kier alpha value is -1.36. The van der Waals surface area contributed by atoms with Gasteiger partial charge in [-0.3, -0.25) is 0 Å². The SMILES string of the molecule is CCOc1cccc(CNC(C)(C)C)c1OC(F)F. The van der Waals surface area contributed by atoms with Crippen molar-refractivity contribution in [1.29, 1.82) is 0 Å². The minimum Gasteiger partial charge on any atom is -0.490 e. The molecule has 1 aromatic carbocycles. The highest BCUT2D eigenvalue weighted by atomic mass is 19.3. The maximum Gasteiger partial charge on any atom is 0.387 e. The van der Waals surface area contributed by atoms with Gasteiger partial charge in [-0.1, -0.05) is 12.1 Å². The lowest BCUT2D eigenvalue weighted by atomic mass is 10.1. The molecule has 19 heavy (non-hydrogen) atoms. The van der Waals surface area contributed by atoms with Gasteiger partial charge < -0.3 is 14.8 Å². The number of benzene rings is 1.